The van der Waals surface area contributed by atoms with Crippen LogP contribution in [0.3, 0.4) is 0 Å². The molecule has 0 aliphatic carbocycles. The summed E-state index contributed by atoms with van der Waals surface area (Å²) >= 11 is 0. The Hall–Kier alpha value is -1.75. The summed E-state index contributed by atoms with van der Waals surface area (Å²) in [6.07, 6.45) is 4.82. The van der Waals surface area contributed by atoms with Crippen LogP contribution in [0.4, 0.5) is 0 Å². The molecule has 1 aromatic carbocycles. The molecule has 1 aliphatic heterocycles. The van der Waals surface area contributed by atoms with Gasteiger partial charge in [-0.2, -0.15) is 0 Å². The third kappa shape index (κ3) is 5.75. The van der Waals surface area contributed by atoms with E-state index in [1.165, 1.54) is 12.8 Å². The van der Waals surface area contributed by atoms with Gasteiger partial charge in [0.05, 0.1) is 14.2 Å². The molecule has 0 saturated carbocycles. The maximum Gasteiger partial charge on any atom is 0.220 e. The van der Waals surface area contributed by atoms with Crippen molar-refractivity contribution < 1.29 is 14.3 Å². The first kappa shape index (κ1) is 17.6. The number of carbonyl (C=O) groups is 1. The van der Waals surface area contributed by atoms with Crippen molar-refractivity contribution in [1.82, 2.24) is 10.6 Å². The Balaban J connectivity index is 1.68. The number of benzene rings is 1. The van der Waals surface area contributed by atoms with Crippen LogP contribution < -0.4 is 20.1 Å². The minimum absolute atomic E-state index is 0.156. The van der Waals surface area contributed by atoms with Crippen LogP contribution in [0.2, 0.25) is 0 Å². The fraction of sp³-hybridized carbons (Fsp3) is 0.611. The molecule has 0 radical (unpaired) electrons. The van der Waals surface area contributed by atoms with Crippen molar-refractivity contribution in [1.29, 1.82) is 0 Å². The topological polar surface area (TPSA) is 59.6 Å². The van der Waals surface area contributed by atoms with Crippen molar-refractivity contribution in [3.8, 4) is 11.5 Å². The summed E-state index contributed by atoms with van der Waals surface area (Å²) in [6.45, 7) is 2.83. The lowest BCUT2D eigenvalue weighted by molar-refractivity contribution is -0.121. The highest BCUT2D eigenvalue weighted by atomic mass is 16.5. The highest BCUT2D eigenvalue weighted by molar-refractivity contribution is 5.75. The fourth-order valence-electron chi connectivity index (χ4n) is 2.98. The second kappa shape index (κ2) is 9.40. The lowest BCUT2D eigenvalue weighted by Gasteiger charge is -2.22. The molecule has 1 saturated heterocycles. The summed E-state index contributed by atoms with van der Waals surface area (Å²) in [5.74, 6) is 2.31. The number of amides is 1. The van der Waals surface area contributed by atoms with Crippen molar-refractivity contribution in [2.45, 2.75) is 32.1 Å². The fourth-order valence-corrected chi connectivity index (χ4v) is 2.98. The van der Waals surface area contributed by atoms with Gasteiger partial charge < -0.3 is 20.1 Å². The Bertz CT molecular complexity index is 499. The van der Waals surface area contributed by atoms with Crippen molar-refractivity contribution in [2.75, 3.05) is 33.9 Å². The first-order chi connectivity index (χ1) is 11.2. The molecule has 2 N–H and O–H groups in total. The van der Waals surface area contributed by atoms with E-state index in [1.807, 2.05) is 18.2 Å². The van der Waals surface area contributed by atoms with E-state index in [4.69, 9.17) is 9.47 Å². The van der Waals surface area contributed by atoms with E-state index in [0.29, 0.717) is 18.9 Å². The quantitative estimate of drug-likeness (QED) is 0.770. The lowest BCUT2D eigenvalue weighted by atomic mass is 9.93. The smallest absolute Gasteiger partial charge is 0.220 e. The predicted molar refractivity (Wildman–Crippen MR) is 91.1 cm³/mol. The second-order valence-corrected chi connectivity index (χ2v) is 6.02. The van der Waals surface area contributed by atoms with Crippen LogP contribution in [-0.2, 0) is 11.2 Å². The zero-order valence-electron chi connectivity index (χ0n) is 14.2. The van der Waals surface area contributed by atoms with Crippen molar-refractivity contribution in [3.63, 3.8) is 0 Å². The van der Waals surface area contributed by atoms with Crippen LogP contribution in [-0.4, -0.2) is 39.8 Å². The number of methoxy groups -OCH3 is 2. The van der Waals surface area contributed by atoms with E-state index in [0.717, 1.165) is 43.0 Å². The van der Waals surface area contributed by atoms with E-state index in [-0.39, 0.29) is 5.91 Å². The van der Waals surface area contributed by atoms with Crippen LogP contribution in [0.5, 0.6) is 11.5 Å². The third-order valence-corrected chi connectivity index (χ3v) is 4.42. The first-order valence-corrected chi connectivity index (χ1v) is 8.41. The van der Waals surface area contributed by atoms with Gasteiger partial charge in [-0.1, -0.05) is 6.07 Å². The molecule has 1 amide bonds. The van der Waals surface area contributed by atoms with Gasteiger partial charge in [-0.15, -0.1) is 0 Å². The van der Waals surface area contributed by atoms with Crippen LogP contribution in [0, 0.1) is 5.92 Å². The molecule has 0 unspecified atom stereocenters. The standard InChI is InChI=1S/C18H28N2O3/c1-22-16-5-3-15(13-17(16)23-2)9-12-20-18(21)6-4-14-7-10-19-11-8-14/h3,5,13-14,19H,4,6-12H2,1-2H3,(H,20,21). The number of ether oxygens (including phenoxy) is 2. The Kier molecular flexibility index (Phi) is 7.20. The summed E-state index contributed by atoms with van der Waals surface area (Å²) < 4.78 is 10.5. The summed E-state index contributed by atoms with van der Waals surface area (Å²) in [5, 5.41) is 6.36. The molecule has 5 heteroatoms. The zero-order valence-corrected chi connectivity index (χ0v) is 14.2. The Labute approximate surface area is 138 Å². The van der Waals surface area contributed by atoms with E-state index >= 15 is 0 Å². The molecule has 128 valence electrons. The van der Waals surface area contributed by atoms with Gasteiger partial charge in [0.25, 0.3) is 0 Å². The van der Waals surface area contributed by atoms with E-state index in [1.54, 1.807) is 14.2 Å². The molecule has 1 aliphatic rings. The van der Waals surface area contributed by atoms with Gasteiger partial charge in [-0.25, -0.2) is 0 Å². The lowest BCUT2D eigenvalue weighted by Crippen LogP contribution is -2.30. The van der Waals surface area contributed by atoms with Crippen molar-refractivity contribution in [2.24, 2.45) is 5.92 Å². The number of carbonyl (C=O) groups excluding carboxylic acids is 1. The van der Waals surface area contributed by atoms with Crippen LogP contribution in [0.25, 0.3) is 0 Å². The zero-order chi connectivity index (χ0) is 16.5. The molecule has 1 heterocycles. The summed E-state index contributed by atoms with van der Waals surface area (Å²) in [5.41, 5.74) is 1.13. The van der Waals surface area contributed by atoms with Crippen LogP contribution >= 0.6 is 0 Å². The molecule has 2 rings (SSSR count). The van der Waals surface area contributed by atoms with Gasteiger partial charge in [0, 0.05) is 13.0 Å². The molecule has 1 aromatic rings. The summed E-state index contributed by atoms with van der Waals surface area (Å²) in [4.78, 5) is 11.9. The SMILES string of the molecule is COc1ccc(CCNC(=O)CCC2CCNCC2)cc1OC. The Morgan fingerprint density at radius 1 is 1.22 bits per heavy atom. The maximum absolute atomic E-state index is 11.9. The van der Waals surface area contributed by atoms with Gasteiger partial charge in [0.2, 0.25) is 5.91 Å². The molecule has 0 bridgehead atoms. The molecule has 0 spiro atoms. The highest BCUT2D eigenvalue weighted by Gasteiger charge is 2.14. The minimum Gasteiger partial charge on any atom is -0.493 e. The largest absolute Gasteiger partial charge is 0.493 e. The molecular weight excluding hydrogens is 292 g/mol. The molecule has 0 aromatic heterocycles. The molecule has 5 nitrogen and oxygen atoms in total. The number of hydrogen-bond acceptors (Lipinski definition) is 4. The molecule has 23 heavy (non-hydrogen) atoms. The van der Waals surface area contributed by atoms with Crippen LogP contribution in [0.1, 0.15) is 31.2 Å². The minimum atomic E-state index is 0.156. The highest BCUT2D eigenvalue weighted by Crippen LogP contribution is 2.27. The molecule has 0 atom stereocenters. The first-order valence-electron chi connectivity index (χ1n) is 8.41. The van der Waals surface area contributed by atoms with E-state index < -0.39 is 0 Å². The number of hydrogen-bond donors (Lipinski definition) is 2. The molecule has 1 fully saturated rings. The monoisotopic (exact) mass is 320 g/mol. The molecular formula is C18H28N2O3. The van der Waals surface area contributed by atoms with Gasteiger partial charge in [0.1, 0.15) is 0 Å². The summed E-state index contributed by atoms with van der Waals surface area (Å²) in [6, 6.07) is 5.86. The average Bonchev–Trinajstić information content (AvgIpc) is 2.60. The normalized spacial score (nSPS) is 15.2. The van der Waals surface area contributed by atoms with E-state index in [9.17, 15) is 4.79 Å². The van der Waals surface area contributed by atoms with Crippen molar-refractivity contribution >= 4 is 5.91 Å². The van der Waals surface area contributed by atoms with Crippen LogP contribution in [0.15, 0.2) is 18.2 Å². The number of piperidine rings is 1. The predicted octanol–water partition coefficient (Wildman–Crippen LogP) is 2.14. The van der Waals surface area contributed by atoms with Gasteiger partial charge in [-0.05, 0) is 62.4 Å². The Morgan fingerprint density at radius 3 is 2.65 bits per heavy atom. The van der Waals surface area contributed by atoms with E-state index in [2.05, 4.69) is 10.6 Å². The average molecular weight is 320 g/mol. The van der Waals surface area contributed by atoms with Crippen molar-refractivity contribution in [3.05, 3.63) is 23.8 Å². The van der Waals surface area contributed by atoms with Gasteiger partial charge in [-0.3, -0.25) is 4.79 Å². The van der Waals surface area contributed by atoms with Gasteiger partial charge >= 0.3 is 0 Å². The third-order valence-electron chi connectivity index (χ3n) is 4.42. The second-order valence-electron chi connectivity index (χ2n) is 6.02. The number of nitrogens with one attached hydrogen (secondary N) is 2. The van der Waals surface area contributed by atoms with Gasteiger partial charge in [0.15, 0.2) is 11.5 Å². The summed E-state index contributed by atoms with van der Waals surface area (Å²) in [7, 11) is 3.25. The maximum atomic E-state index is 11.9. The number of rotatable bonds is 8. The Morgan fingerprint density at radius 2 is 1.96 bits per heavy atom.